The Morgan fingerprint density at radius 3 is 2.34 bits per heavy atom. The lowest BCUT2D eigenvalue weighted by atomic mass is 10.1. The Balaban J connectivity index is 2.22. The van der Waals surface area contributed by atoms with E-state index in [1.165, 1.54) is 4.31 Å². The smallest absolute Gasteiger partial charge is 0.243 e. The van der Waals surface area contributed by atoms with Gasteiger partial charge in [-0.15, -0.1) is 0 Å². The minimum atomic E-state index is -3.57. The molecule has 192 valence electrons. The lowest BCUT2D eigenvalue weighted by Gasteiger charge is -2.31. The highest BCUT2D eigenvalue weighted by Gasteiger charge is 2.29. The summed E-state index contributed by atoms with van der Waals surface area (Å²) in [5.74, 6) is -0.392. The van der Waals surface area contributed by atoms with E-state index in [2.05, 4.69) is 5.32 Å². The fraction of sp³-hybridized carbons (Fsp3) is 0.462. The van der Waals surface area contributed by atoms with Gasteiger partial charge in [-0.1, -0.05) is 54.4 Å². The fourth-order valence-corrected chi connectivity index (χ4v) is 5.08. The predicted molar refractivity (Wildman–Crippen MR) is 142 cm³/mol. The Bertz CT molecular complexity index is 1120. The van der Waals surface area contributed by atoms with Crippen molar-refractivity contribution in [2.45, 2.75) is 65.6 Å². The van der Waals surface area contributed by atoms with Gasteiger partial charge in [0.1, 0.15) is 6.04 Å². The van der Waals surface area contributed by atoms with Crippen LogP contribution in [0.5, 0.6) is 0 Å². The maximum atomic E-state index is 13.4. The van der Waals surface area contributed by atoms with Crippen LogP contribution in [0, 0.1) is 6.92 Å². The number of carbonyl (C=O) groups is 2. The Labute approximate surface area is 214 Å². The van der Waals surface area contributed by atoms with Gasteiger partial charge in [0.25, 0.3) is 0 Å². The Kier molecular flexibility index (Phi) is 10.6. The maximum Gasteiger partial charge on any atom is 0.243 e. The lowest BCUT2D eigenvalue weighted by Crippen LogP contribution is -2.50. The monoisotopic (exact) mass is 521 g/mol. The van der Waals surface area contributed by atoms with Crippen molar-refractivity contribution in [3.05, 3.63) is 64.7 Å². The summed E-state index contributed by atoms with van der Waals surface area (Å²) in [6.07, 6.45) is 1.99. The molecular formula is C26H36ClN3O4S. The molecule has 0 aliphatic rings. The zero-order chi connectivity index (χ0) is 26.2. The van der Waals surface area contributed by atoms with Crippen molar-refractivity contribution in [3.8, 4) is 0 Å². The molecule has 2 amide bonds. The number of anilines is 1. The molecule has 2 aromatic carbocycles. The number of rotatable bonds is 12. The van der Waals surface area contributed by atoms with E-state index < -0.39 is 16.1 Å². The van der Waals surface area contributed by atoms with Crippen LogP contribution in [-0.2, 0) is 26.2 Å². The van der Waals surface area contributed by atoms with Crippen LogP contribution in [0.4, 0.5) is 5.69 Å². The quantitative estimate of drug-likeness (QED) is 0.444. The van der Waals surface area contributed by atoms with Gasteiger partial charge in [0, 0.05) is 30.6 Å². The molecule has 2 aromatic rings. The van der Waals surface area contributed by atoms with E-state index in [1.54, 1.807) is 29.2 Å². The molecule has 0 aliphatic carbocycles. The maximum absolute atomic E-state index is 13.4. The third kappa shape index (κ3) is 8.85. The average Bonchev–Trinajstić information content (AvgIpc) is 2.75. The molecule has 0 radical (unpaired) electrons. The third-order valence-corrected chi connectivity index (χ3v) is 6.93. The van der Waals surface area contributed by atoms with E-state index in [1.807, 2.05) is 52.0 Å². The minimum absolute atomic E-state index is 0.0477. The standard InChI is InChI=1S/C26H36ClN3O4S/c1-6-24(26(32)28-19(2)3)29(18-21-11-7-10-20(4)16-21)25(31)14-9-15-30(35(5,33)34)23-13-8-12-22(27)17-23/h7-8,10-13,16-17,19,24H,6,9,14-15,18H2,1-5H3,(H,28,32). The summed E-state index contributed by atoms with van der Waals surface area (Å²) in [5, 5.41) is 3.34. The van der Waals surface area contributed by atoms with Gasteiger partial charge in [-0.2, -0.15) is 0 Å². The topological polar surface area (TPSA) is 86.8 Å². The molecule has 0 spiro atoms. The normalized spacial score (nSPS) is 12.3. The van der Waals surface area contributed by atoms with Crippen molar-refractivity contribution in [2.24, 2.45) is 0 Å². The summed E-state index contributed by atoms with van der Waals surface area (Å²) in [7, 11) is -3.57. The molecule has 0 heterocycles. The molecule has 1 atom stereocenters. The van der Waals surface area contributed by atoms with Crippen LogP contribution in [0.1, 0.15) is 51.2 Å². The van der Waals surface area contributed by atoms with Crippen molar-refractivity contribution >= 4 is 39.1 Å². The summed E-state index contributed by atoms with van der Waals surface area (Å²) >= 11 is 6.05. The van der Waals surface area contributed by atoms with Gasteiger partial charge < -0.3 is 10.2 Å². The molecule has 0 saturated heterocycles. The second-order valence-corrected chi connectivity index (χ2v) is 11.4. The molecule has 0 bridgehead atoms. The largest absolute Gasteiger partial charge is 0.352 e. The molecule has 0 aromatic heterocycles. The van der Waals surface area contributed by atoms with Crippen molar-refractivity contribution in [1.29, 1.82) is 0 Å². The second kappa shape index (κ2) is 12.9. The lowest BCUT2D eigenvalue weighted by molar-refractivity contribution is -0.141. The molecular weight excluding hydrogens is 486 g/mol. The SMILES string of the molecule is CCC(C(=O)NC(C)C)N(Cc1cccc(C)c1)C(=O)CCCN(c1cccc(Cl)c1)S(C)(=O)=O. The van der Waals surface area contributed by atoms with Crippen LogP contribution < -0.4 is 9.62 Å². The van der Waals surface area contributed by atoms with Gasteiger partial charge >= 0.3 is 0 Å². The highest BCUT2D eigenvalue weighted by molar-refractivity contribution is 7.92. The van der Waals surface area contributed by atoms with E-state index in [0.29, 0.717) is 30.1 Å². The third-order valence-electron chi connectivity index (χ3n) is 5.50. The first-order valence-electron chi connectivity index (χ1n) is 11.8. The first-order chi connectivity index (χ1) is 16.4. The molecule has 2 rings (SSSR count). The number of nitrogens with one attached hydrogen (secondary N) is 1. The van der Waals surface area contributed by atoms with Gasteiger partial charge in [0.15, 0.2) is 0 Å². The Morgan fingerprint density at radius 1 is 1.09 bits per heavy atom. The van der Waals surface area contributed by atoms with Crippen LogP contribution in [0.25, 0.3) is 0 Å². The van der Waals surface area contributed by atoms with Crippen LogP contribution in [0.2, 0.25) is 5.02 Å². The number of aryl methyl sites for hydroxylation is 1. The van der Waals surface area contributed by atoms with Gasteiger partial charge in [-0.05, 0) is 57.4 Å². The molecule has 0 aliphatic heterocycles. The number of nitrogens with zero attached hydrogens (tertiary/aromatic N) is 2. The molecule has 1 unspecified atom stereocenters. The zero-order valence-electron chi connectivity index (χ0n) is 21.1. The van der Waals surface area contributed by atoms with Crippen LogP contribution in [-0.4, -0.2) is 50.0 Å². The van der Waals surface area contributed by atoms with Gasteiger partial charge in [-0.3, -0.25) is 13.9 Å². The Hall–Kier alpha value is -2.58. The zero-order valence-corrected chi connectivity index (χ0v) is 22.7. The Morgan fingerprint density at radius 2 is 1.77 bits per heavy atom. The number of amides is 2. The number of benzene rings is 2. The molecule has 1 N–H and O–H groups in total. The predicted octanol–water partition coefficient (Wildman–Crippen LogP) is 4.53. The number of sulfonamides is 1. The summed E-state index contributed by atoms with van der Waals surface area (Å²) in [4.78, 5) is 27.9. The minimum Gasteiger partial charge on any atom is -0.352 e. The summed E-state index contributed by atoms with van der Waals surface area (Å²) in [6.45, 7) is 8.05. The molecule has 0 saturated carbocycles. The van der Waals surface area contributed by atoms with Crippen molar-refractivity contribution in [2.75, 3.05) is 17.1 Å². The van der Waals surface area contributed by atoms with Crippen molar-refractivity contribution in [3.63, 3.8) is 0 Å². The number of halogens is 1. The highest BCUT2D eigenvalue weighted by atomic mass is 35.5. The number of hydrogen-bond acceptors (Lipinski definition) is 4. The first-order valence-corrected chi connectivity index (χ1v) is 14.0. The number of hydrogen-bond donors (Lipinski definition) is 1. The highest BCUT2D eigenvalue weighted by Crippen LogP contribution is 2.23. The summed E-state index contributed by atoms with van der Waals surface area (Å²) in [6, 6.07) is 13.8. The van der Waals surface area contributed by atoms with Crippen LogP contribution >= 0.6 is 11.6 Å². The summed E-state index contributed by atoms with van der Waals surface area (Å²) in [5.41, 5.74) is 2.46. The van der Waals surface area contributed by atoms with Crippen molar-refractivity contribution in [1.82, 2.24) is 10.2 Å². The van der Waals surface area contributed by atoms with Gasteiger partial charge in [0.05, 0.1) is 11.9 Å². The van der Waals surface area contributed by atoms with Crippen LogP contribution in [0.15, 0.2) is 48.5 Å². The van der Waals surface area contributed by atoms with E-state index >= 15 is 0 Å². The second-order valence-electron chi connectivity index (χ2n) is 9.02. The summed E-state index contributed by atoms with van der Waals surface area (Å²) < 4.78 is 26.1. The van der Waals surface area contributed by atoms with Gasteiger partial charge in [0.2, 0.25) is 21.8 Å². The molecule has 0 fully saturated rings. The van der Waals surface area contributed by atoms with E-state index in [4.69, 9.17) is 11.6 Å². The van der Waals surface area contributed by atoms with E-state index in [9.17, 15) is 18.0 Å². The number of carbonyl (C=O) groups excluding carboxylic acids is 2. The fourth-order valence-electron chi connectivity index (χ4n) is 3.94. The average molecular weight is 522 g/mol. The van der Waals surface area contributed by atoms with Crippen LogP contribution in [0.3, 0.4) is 0 Å². The first kappa shape index (κ1) is 28.7. The van der Waals surface area contributed by atoms with E-state index in [-0.39, 0.29) is 30.8 Å². The molecule has 7 nitrogen and oxygen atoms in total. The van der Waals surface area contributed by atoms with Crippen molar-refractivity contribution < 1.29 is 18.0 Å². The van der Waals surface area contributed by atoms with Gasteiger partial charge in [-0.25, -0.2) is 8.42 Å². The molecule has 35 heavy (non-hydrogen) atoms. The molecule has 9 heteroatoms. The van der Waals surface area contributed by atoms with E-state index in [0.717, 1.165) is 17.4 Å².